The van der Waals surface area contributed by atoms with Crippen molar-refractivity contribution in [1.29, 1.82) is 0 Å². The summed E-state index contributed by atoms with van der Waals surface area (Å²) in [5.74, 6) is -1.23. The summed E-state index contributed by atoms with van der Waals surface area (Å²) < 4.78 is 5.28. The van der Waals surface area contributed by atoms with Crippen molar-refractivity contribution < 1.29 is 19.4 Å². The summed E-state index contributed by atoms with van der Waals surface area (Å²) in [6.07, 6.45) is 0.663. The summed E-state index contributed by atoms with van der Waals surface area (Å²) in [5, 5.41) is 14.6. The predicted octanol–water partition coefficient (Wildman–Crippen LogP) is 4.23. The predicted molar refractivity (Wildman–Crippen MR) is 113 cm³/mol. The average Bonchev–Trinajstić information content (AvgIpc) is 2.73. The van der Waals surface area contributed by atoms with E-state index in [1.807, 2.05) is 37.3 Å². The topological polar surface area (TPSA) is 75.6 Å². The highest BCUT2D eigenvalue weighted by molar-refractivity contribution is 6.01. The van der Waals surface area contributed by atoms with Crippen LogP contribution >= 0.6 is 0 Å². The fourth-order valence-corrected chi connectivity index (χ4v) is 3.16. The van der Waals surface area contributed by atoms with Gasteiger partial charge in [0.15, 0.2) is 6.10 Å². The molecule has 0 aromatic heterocycles. The maximum absolute atomic E-state index is 12.5. The fourth-order valence-electron chi connectivity index (χ4n) is 3.16. The molecule has 150 valence electrons. The van der Waals surface area contributed by atoms with Gasteiger partial charge in [0.05, 0.1) is 0 Å². The number of phenolic OH excluding ortho intramolecular Hbond substituents is 1. The van der Waals surface area contributed by atoms with Crippen molar-refractivity contribution in [3.8, 4) is 5.75 Å². The molecular formula is C24H25NO4. The molecule has 0 heterocycles. The van der Waals surface area contributed by atoms with Gasteiger partial charge in [0.25, 0.3) is 5.91 Å². The van der Waals surface area contributed by atoms with E-state index >= 15 is 0 Å². The van der Waals surface area contributed by atoms with Crippen LogP contribution in [0.1, 0.15) is 36.2 Å². The van der Waals surface area contributed by atoms with E-state index in [0.29, 0.717) is 5.39 Å². The van der Waals surface area contributed by atoms with Crippen molar-refractivity contribution in [1.82, 2.24) is 5.32 Å². The Morgan fingerprint density at radius 2 is 1.66 bits per heavy atom. The molecule has 0 aliphatic rings. The van der Waals surface area contributed by atoms with Crippen molar-refractivity contribution in [3.63, 3.8) is 0 Å². The Hall–Kier alpha value is -3.34. The molecule has 0 fully saturated rings. The number of ether oxygens (including phenoxy) is 1. The molecule has 0 bridgehead atoms. The van der Waals surface area contributed by atoms with Gasteiger partial charge in [-0.15, -0.1) is 0 Å². The number of aromatic hydroxyl groups is 1. The van der Waals surface area contributed by atoms with Crippen molar-refractivity contribution in [2.75, 3.05) is 0 Å². The molecule has 0 aliphatic carbocycles. The first-order valence-electron chi connectivity index (χ1n) is 9.71. The van der Waals surface area contributed by atoms with Gasteiger partial charge in [0.1, 0.15) is 11.3 Å². The van der Waals surface area contributed by atoms with E-state index in [1.54, 1.807) is 18.2 Å². The van der Waals surface area contributed by atoms with Crippen LogP contribution < -0.4 is 5.32 Å². The van der Waals surface area contributed by atoms with Crippen molar-refractivity contribution >= 4 is 22.6 Å². The van der Waals surface area contributed by atoms with E-state index in [2.05, 4.69) is 17.4 Å². The SMILES string of the molecule is C[C@H](CCc1ccccc1)NC(=O)[C@H](C)OC(=O)c1ccc2ccccc2c1O. The van der Waals surface area contributed by atoms with Crippen LogP contribution in [0.4, 0.5) is 0 Å². The number of hydrogen-bond acceptors (Lipinski definition) is 4. The molecule has 3 rings (SSSR count). The van der Waals surface area contributed by atoms with Crippen molar-refractivity contribution in [2.24, 2.45) is 0 Å². The highest BCUT2D eigenvalue weighted by Crippen LogP contribution is 2.29. The molecule has 5 nitrogen and oxygen atoms in total. The third-order valence-electron chi connectivity index (χ3n) is 4.87. The molecule has 3 aromatic rings. The lowest BCUT2D eigenvalue weighted by Gasteiger charge is -2.18. The van der Waals surface area contributed by atoms with E-state index in [9.17, 15) is 14.7 Å². The van der Waals surface area contributed by atoms with E-state index in [1.165, 1.54) is 18.6 Å². The first-order valence-corrected chi connectivity index (χ1v) is 9.71. The Kier molecular flexibility index (Phi) is 6.50. The number of carbonyl (C=O) groups is 2. The molecule has 3 aromatic carbocycles. The standard InChI is InChI=1S/C24H25NO4/c1-16(12-13-18-8-4-3-5-9-18)25-23(27)17(2)29-24(28)21-15-14-19-10-6-7-11-20(19)22(21)26/h3-11,14-17,26H,12-13H2,1-2H3,(H,25,27)/t16-,17+/m1/s1. The smallest absolute Gasteiger partial charge is 0.342 e. The first-order chi connectivity index (χ1) is 14.0. The third-order valence-corrected chi connectivity index (χ3v) is 4.87. The monoisotopic (exact) mass is 391 g/mol. The van der Waals surface area contributed by atoms with Crippen LogP contribution in [0.25, 0.3) is 10.8 Å². The maximum Gasteiger partial charge on any atom is 0.342 e. The molecule has 29 heavy (non-hydrogen) atoms. The van der Waals surface area contributed by atoms with Gasteiger partial charge in [-0.2, -0.15) is 0 Å². The van der Waals surface area contributed by atoms with Crippen LogP contribution in [0.5, 0.6) is 5.75 Å². The molecule has 2 atom stereocenters. The van der Waals surface area contributed by atoms with Crippen LogP contribution in [0.15, 0.2) is 66.7 Å². The number of nitrogens with one attached hydrogen (secondary N) is 1. The van der Waals surface area contributed by atoms with Crippen LogP contribution in [0, 0.1) is 0 Å². The van der Waals surface area contributed by atoms with Gasteiger partial charge in [-0.3, -0.25) is 4.79 Å². The normalized spacial score (nSPS) is 12.9. The summed E-state index contributed by atoms with van der Waals surface area (Å²) in [6, 6.07) is 20.4. The zero-order valence-corrected chi connectivity index (χ0v) is 16.6. The number of aryl methyl sites for hydroxylation is 1. The van der Waals surface area contributed by atoms with E-state index in [0.717, 1.165) is 18.2 Å². The second-order valence-electron chi connectivity index (χ2n) is 7.16. The lowest BCUT2D eigenvalue weighted by molar-refractivity contribution is -0.129. The van der Waals surface area contributed by atoms with Crippen LogP contribution in [0.3, 0.4) is 0 Å². The minimum atomic E-state index is -0.965. The van der Waals surface area contributed by atoms with Gasteiger partial charge in [-0.25, -0.2) is 4.79 Å². The largest absolute Gasteiger partial charge is 0.506 e. The van der Waals surface area contributed by atoms with E-state index in [-0.39, 0.29) is 23.3 Å². The van der Waals surface area contributed by atoms with Gasteiger partial charge >= 0.3 is 5.97 Å². The number of carbonyl (C=O) groups excluding carboxylic acids is 2. The minimum absolute atomic E-state index is 0.0421. The highest BCUT2D eigenvalue weighted by atomic mass is 16.5. The Morgan fingerprint density at radius 1 is 0.966 bits per heavy atom. The fraction of sp³-hybridized carbons (Fsp3) is 0.250. The van der Waals surface area contributed by atoms with Crippen LogP contribution in [0.2, 0.25) is 0 Å². The molecule has 0 saturated heterocycles. The number of fused-ring (bicyclic) bond motifs is 1. The zero-order chi connectivity index (χ0) is 20.8. The molecule has 0 radical (unpaired) electrons. The number of benzene rings is 3. The van der Waals surface area contributed by atoms with Gasteiger partial charge < -0.3 is 15.2 Å². The summed E-state index contributed by atoms with van der Waals surface area (Å²) in [6.45, 7) is 3.44. The molecule has 0 aliphatic heterocycles. The van der Waals surface area contributed by atoms with Gasteiger partial charge in [0.2, 0.25) is 0 Å². The number of esters is 1. The summed E-state index contributed by atoms with van der Waals surface area (Å²) in [7, 11) is 0. The van der Waals surface area contributed by atoms with Gasteiger partial charge in [0, 0.05) is 11.4 Å². The second-order valence-corrected chi connectivity index (χ2v) is 7.16. The molecule has 1 amide bonds. The molecule has 0 saturated carbocycles. The van der Waals surface area contributed by atoms with Gasteiger partial charge in [-0.05, 0) is 43.7 Å². The number of amides is 1. The maximum atomic E-state index is 12.5. The Balaban J connectivity index is 1.56. The molecule has 2 N–H and O–H groups in total. The average molecular weight is 391 g/mol. The molecule has 0 unspecified atom stereocenters. The lowest BCUT2D eigenvalue weighted by Crippen LogP contribution is -2.41. The molecular weight excluding hydrogens is 366 g/mol. The van der Waals surface area contributed by atoms with Crippen molar-refractivity contribution in [2.45, 2.75) is 38.8 Å². The number of hydrogen-bond donors (Lipinski definition) is 2. The Bertz CT molecular complexity index is 1000. The quantitative estimate of drug-likeness (QED) is 0.591. The summed E-state index contributed by atoms with van der Waals surface area (Å²) >= 11 is 0. The lowest BCUT2D eigenvalue weighted by atomic mass is 10.1. The van der Waals surface area contributed by atoms with Crippen molar-refractivity contribution in [3.05, 3.63) is 77.9 Å². The van der Waals surface area contributed by atoms with Gasteiger partial charge in [-0.1, -0.05) is 60.7 Å². The number of phenols is 1. The summed E-state index contributed by atoms with van der Waals surface area (Å²) in [4.78, 5) is 24.8. The first kappa shape index (κ1) is 20.4. The summed E-state index contributed by atoms with van der Waals surface area (Å²) in [5.41, 5.74) is 1.25. The highest BCUT2D eigenvalue weighted by Gasteiger charge is 2.22. The molecule has 5 heteroatoms. The van der Waals surface area contributed by atoms with Crippen LogP contribution in [-0.4, -0.2) is 29.1 Å². The second kappa shape index (κ2) is 9.24. The number of rotatable bonds is 7. The minimum Gasteiger partial charge on any atom is -0.506 e. The van der Waals surface area contributed by atoms with E-state index < -0.39 is 12.1 Å². The van der Waals surface area contributed by atoms with E-state index in [4.69, 9.17) is 4.74 Å². The zero-order valence-electron chi connectivity index (χ0n) is 16.6. The Labute approximate surface area is 170 Å². The Morgan fingerprint density at radius 3 is 2.41 bits per heavy atom. The van der Waals surface area contributed by atoms with Crippen LogP contribution in [-0.2, 0) is 16.0 Å². The third kappa shape index (κ3) is 5.13. The molecule has 0 spiro atoms.